The van der Waals surface area contributed by atoms with Crippen LogP contribution in [0, 0.1) is 0 Å². The fourth-order valence-electron chi connectivity index (χ4n) is 2.98. The van der Waals surface area contributed by atoms with Crippen molar-refractivity contribution in [2.75, 3.05) is 54.4 Å². The fraction of sp³-hybridized carbons (Fsp3) is 0.889. The SMILES string of the molecule is C[N+]1(C)CCCCC1.C[N+]1(C)CCCCC1.O=C([O-])CC(O)C(=O)[O-]. The first-order chi connectivity index (χ1) is 11.5. The molecule has 25 heavy (non-hydrogen) atoms. The molecular weight excluding hydrogens is 324 g/mol. The predicted octanol–water partition coefficient (Wildman–Crippen LogP) is -1.27. The van der Waals surface area contributed by atoms with Gasteiger partial charge < -0.3 is 33.9 Å². The van der Waals surface area contributed by atoms with Crippen molar-refractivity contribution in [3.05, 3.63) is 0 Å². The van der Waals surface area contributed by atoms with Crippen LogP contribution in [0.4, 0.5) is 0 Å². The number of carbonyl (C=O) groups excluding carboxylic acids is 2. The van der Waals surface area contributed by atoms with E-state index in [1.807, 2.05) is 0 Å². The van der Waals surface area contributed by atoms with E-state index < -0.39 is 24.5 Å². The lowest BCUT2D eigenvalue weighted by Gasteiger charge is -2.33. The largest absolute Gasteiger partial charge is 0.550 e. The number of aliphatic hydroxyl groups is 1. The van der Waals surface area contributed by atoms with Gasteiger partial charge in [-0.05, 0) is 38.5 Å². The molecule has 2 rings (SSSR count). The third-order valence-corrected chi connectivity index (χ3v) is 4.69. The van der Waals surface area contributed by atoms with E-state index in [9.17, 15) is 19.8 Å². The molecule has 0 aliphatic carbocycles. The highest BCUT2D eigenvalue weighted by atomic mass is 16.4. The molecule has 0 aromatic heterocycles. The molecule has 2 fully saturated rings. The maximum Gasteiger partial charge on any atom is 0.0985 e. The highest BCUT2D eigenvalue weighted by molar-refractivity contribution is 5.76. The molecule has 1 unspecified atom stereocenters. The quantitative estimate of drug-likeness (QED) is 0.633. The van der Waals surface area contributed by atoms with E-state index in [1.165, 1.54) is 73.7 Å². The molecule has 7 nitrogen and oxygen atoms in total. The summed E-state index contributed by atoms with van der Waals surface area (Å²) in [4.78, 5) is 19.1. The fourth-order valence-corrected chi connectivity index (χ4v) is 2.98. The molecule has 2 heterocycles. The molecule has 2 aliphatic heterocycles. The van der Waals surface area contributed by atoms with E-state index in [0.29, 0.717) is 0 Å². The van der Waals surface area contributed by atoms with Gasteiger partial charge >= 0.3 is 0 Å². The number of carbonyl (C=O) groups is 2. The van der Waals surface area contributed by atoms with E-state index in [2.05, 4.69) is 28.2 Å². The highest BCUT2D eigenvalue weighted by Crippen LogP contribution is 2.12. The Labute approximate surface area is 152 Å². The molecule has 0 bridgehead atoms. The van der Waals surface area contributed by atoms with Crippen molar-refractivity contribution >= 4 is 11.9 Å². The Hall–Kier alpha value is -1.18. The van der Waals surface area contributed by atoms with Crippen LogP contribution >= 0.6 is 0 Å². The Morgan fingerprint density at radius 2 is 1.12 bits per heavy atom. The molecule has 1 N–H and O–H groups in total. The second-order valence-electron chi connectivity index (χ2n) is 8.30. The lowest BCUT2D eigenvalue weighted by atomic mass is 10.1. The first-order valence-corrected chi connectivity index (χ1v) is 9.18. The lowest BCUT2D eigenvalue weighted by molar-refractivity contribution is -0.894. The summed E-state index contributed by atoms with van der Waals surface area (Å²) in [7, 11) is 9.27. The number of rotatable bonds is 3. The van der Waals surface area contributed by atoms with Crippen molar-refractivity contribution in [2.24, 2.45) is 0 Å². The van der Waals surface area contributed by atoms with Gasteiger partial charge in [-0.3, -0.25) is 0 Å². The molecule has 0 aromatic rings. The number of carboxylic acid groups (broad SMARTS) is 2. The molecule has 1 atom stereocenters. The monoisotopic (exact) mass is 360 g/mol. The third-order valence-electron chi connectivity index (χ3n) is 4.69. The van der Waals surface area contributed by atoms with Gasteiger partial charge in [-0.15, -0.1) is 0 Å². The minimum absolute atomic E-state index is 0.928. The molecule has 0 spiro atoms. The molecule has 0 saturated carbocycles. The lowest BCUT2D eigenvalue weighted by Crippen LogP contribution is -2.43. The molecule has 7 heteroatoms. The smallest absolute Gasteiger partial charge is 0.0985 e. The Bertz CT molecular complexity index is 372. The van der Waals surface area contributed by atoms with Crippen molar-refractivity contribution in [2.45, 2.75) is 51.0 Å². The Kier molecular flexibility index (Phi) is 10.9. The van der Waals surface area contributed by atoms with Crippen molar-refractivity contribution in [1.82, 2.24) is 0 Å². The summed E-state index contributed by atoms with van der Waals surface area (Å²) < 4.78 is 2.50. The number of hydrogen-bond donors (Lipinski definition) is 1. The van der Waals surface area contributed by atoms with Gasteiger partial charge in [0.2, 0.25) is 0 Å². The number of nitrogens with zero attached hydrogens (tertiary/aromatic N) is 2. The van der Waals surface area contributed by atoms with E-state index >= 15 is 0 Å². The summed E-state index contributed by atoms with van der Waals surface area (Å²) in [6, 6.07) is 0. The van der Waals surface area contributed by atoms with E-state index in [1.54, 1.807) is 0 Å². The summed E-state index contributed by atoms with van der Waals surface area (Å²) in [6.45, 7) is 5.56. The minimum atomic E-state index is -1.96. The molecule has 2 aliphatic rings. The van der Waals surface area contributed by atoms with Gasteiger partial charge in [-0.25, -0.2) is 0 Å². The standard InChI is InChI=1S/2C7H16N.C4H6O5/c2*1-8(2)6-4-3-5-7-8;5-2(4(8)9)1-3(6)7/h2*3-7H2,1-2H3;2,5H,1H2,(H,6,7)(H,8,9)/q2*+1;/p-2. The Balaban J connectivity index is 0.000000346. The number of piperidine rings is 2. The molecule has 0 aromatic carbocycles. The van der Waals surface area contributed by atoms with Gasteiger partial charge in [-0.2, -0.15) is 0 Å². The zero-order valence-electron chi connectivity index (χ0n) is 16.3. The van der Waals surface area contributed by atoms with Gasteiger partial charge in [0.05, 0.1) is 66.4 Å². The second-order valence-corrected chi connectivity index (χ2v) is 8.30. The summed E-state index contributed by atoms with van der Waals surface area (Å²) in [6.07, 6.45) is 5.78. The van der Waals surface area contributed by atoms with Crippen LogP contribution < -0.4 is 10.2 Å². The average molecular weight is 360 g/mol. The van der Waals surface area contributed by atoms with Crippen LogP contribution in [0.1, 0.15) is 44.9 Å². The minimum Gasteiger partial charge on any atom is -0.550 e. The van der Waals surface area contributed by atoms with Crippen LogP contribution in [0.5, 0.6) is 0 Å². The second kappa shape index (κ2) is 11.4. The first-order valence-electron chi connectivity index (χ1n) is 9.18. The van der Waals surface area contributed by atoms with Gasteiger partial charge in [0.15, 0.2) is 0 Å². The molecular formula is C18H36N2O5. The van der Waals surface area contributed by atoms with E-state index in [0.717, 1.165) is 0 Å². The number of carboxylic acids is 2. The van der Waals surface area contributed by atoms with E-state index in [4.69, 9.17) is 5.11 Å². The predicted molar refractivity (Wildman–Crippen MR) is 92.0 cm³/mol. The molecule has 148 valence electrons. The van der Waals surface area contributed by atoms with Crippen molar-refractivity contribution in [3.63, 3.8) is 0 Å². The summed E-state index contributed by atoms with van der Waals surface area (Å²) >= 11 is 0. The van der Waals surface area contributed by atoms with Crippen LogP contribution in [0.2, 0.25) is 0 Å². The van der Waals surface area contributed by atoms with Crippen molar-refractivity contribution in [3.8, 4) is 0 Å². The average Bonchev–Trinajstić information content (AvgIpc) is 2.47. The molecule has 0 amide bonds. The van der Waals surface area contributed by atoms with Crippen LogP contribution in [-0.4, -0.2) is 86.5 Å². The Morgan fingerprint density at radius 1 is 0.800 bits per heavy atom. The van der Waals surface area contributed by atoms with Crippen molar-refractivity contribution < 1.29 is 33.9 Å². The van der Waals surface area contributed by atoms with Crippen LogP contribution in [-0.2, 0) is 9.59 Å². The summed E-state index contributed by atoms with van der Waals surface area (Å²) in [5.41, 5.74) is 0. The maximum absolute atomic E-state index is 9.58. The van der Waals surface area contributed by atoms with Crippen LogP contribution in [0.25, 0.3) is 0 Å². The number of aliphatic hydroxyl groups excluding tert-OH is 1. The first kappa shape index (κ1) is 23.8. The highest BCUT2D eigenvalue weighted by Gasteiger charge is 2.18. The zero-order valence-corrected chi connectivity index (χ0v) is 16.3. The van der Waals surface area contributed by atoms with Gasteiger partial charge in [0, 0.05) is 12.4 Å². The Morgan fingerprint density at radius 3 is 1.24 bits per heavy atom. The number of quaternary nitrogens is 2. The van der Waals surface area contributed by atoms with E-state index in [-0.39, 0.29) is 0 Å². The zero-order chi connectivity index (χ0) is 19.5. The normalized spacial score (nSPS) is 22.3. The van der Waals surface area contributed by atoms with Gasteiger partial charge in [0.25, 0.3) is 0 Å². The maximum atomic E-state index is 9.58. The van der Waals surface area contributed by atoms with Crippen LogP contribution in [0.3, 0.4) is 0 Å². The topological polar surface area (TPSA) is 100 Å². The van der Waals surface area contributed by atoms with Gasteiger partial charge in [-0.1, -0.05) is 0 Å². The summed E-state index contributed by atoms with van der Waals surface area (Å²) in [5, 5.41) is 27.3. The number of aliphatic carboxylic acids is 2. The molecule has 2 saturated heterocycles. The number of hydrogen-bond acceptors (Lipinski definition) is 5. The van der Waals surface area contributed by atoms with Crippen molar-refractivity contribution in [1.29, 1.82) is 0 Å². The third kappa shape index (κ3) is 13.8. The number of likely N-dealkylation sites (tertiary alicyclic amines) is 2. The summed E-state index contributed by atoms with van der Waals surface area (Å²) in [5.74, 6) is -3.43. The molecule has 0 radical (unpaired) electrons. The van der Waals surface area contributed by atoms with Gasteiger partial charge in [0.1, 0.15) is 0 Å². The van der Waals surface area contributed by atoms with Crippen LogP contribution in [0.15, 0.2) is 0 Å².